The van der Waals surface area contributed by atoms with Crippen molar-refractivity contribution in [3.05, 3.63) is 11.4 Å². The topological polar surface area (TPSA) is 127 Å². The molecule has 0 aromatic carbocycles. The lowest BCUT2D eigenvalue weighted by atomic mass is 10.0. The van der Waals surface area contributed by atoms with Crippen LogP contribution in [0.4, 0.5) is 0 Å². The predicted octanol–water partition coefficient (Wildman–Crippen LogP) is -0.226. The maximum Gasteiger partial charge on any atom is 0.273 e. The number of nitrogens with zero attached hydrogens (tertiary/aromatic N) is 1. The van der Waals surface area contributed by atoms with Gasteiger partial charge in [-0.25, -0.2) is 13.6 Å². The molecule has 1 aliphatic rings. The quantitative estimate of drug-likeness (QED) is 0.691. The molecule has 0 bridgehead atoms. The third-order valence-electron chi connectivity index (χ3n) is 3.68. The number of nitrogens with two attached hydrogens (primary N) is 1. The number of carbonyl (C=O) groups is 1. The Hall–Kier alpha value is -1.45. The zero-order valence-electron chi connectivity index (χ0n) is 12.0. The molecule has 118 valence electrons. The number of hydrogen-bond donors (Lipinski definition) is 3. The largest absolute Gasteiger partial charge is 0.381 e. The third kappa shape index (κ3) is 3.42. The van der Waals surface area contributed by atoms with Gasteiger partial charge in [0.1, 0.15) is 4.90 Å². The van der Waals surface area contributed by atoms with Gasteiger partial charge in [0.05, 0.1) is 12.3 Å². The van der Waals surface area contributed by atoms with E-state index in [1.807, 2.05) is 6.92 Å². The Morgan fingerprint density at radius 3 is 2.86 bits per heavy atom. The number of rotatable bonds is 5. The Balaban J connectivity index is 2.21. The van der Waals surface area contributed by atoms with E-state index in [0.717, 1.165) is 6.42 Å². The van der Waals surface area contributed by atoms with E-state index in [0.29, 0.717) is 25.3 Å². The third-order valence-corrected chi connectivity index (χ3v) is 4.68. The van der Waals surface area contributed by atoms with Crippen LogP contribution in [0.5, 0.6) is 0 Å². The number of nitrogens with one attached hydrogen (secondary N) is 2. The Labute approximate surface area is 123 Å². The smallest absolute Gasteiger partial charge is 0.273 e. The molecule has 2 atom stereocenters. The van der Waals surface area contributed by atoms with Crippen molar-refractivity contribution in [3.8, 4) is 0 Å². The number of primary sulfonamides is 1. The zero-order chi connectivity index (χ0) is 15.6. The van der Waals surface area contributed by atoms with Gasteiger partial charge in [-0.05, 0) is 19.8 Å². The highest BCUT2D eigenvalue weighted by molar-refractivity contribution is 7.89. The van der Waals surface area contributed by atoms with Crippen molar-refractivity contribution in [1.82, 2.24) is 15.5 Å². The second-order valence-electron chi connectivity index (χ2n) is 5.16. The zero-order valence-corrected chi connectivity index (χ0v) is 12.9. The van der Waals surface area contributed by atoms with Crippen LogP contribution in [-0.2, 0) is 21.2 Å². The Kier molecular flexibility index (Phi) is 4.64. The second kappa shape index (κ2) is 6.12. The number of H-pyrrole nitrogens is 1. The Morgan fingerprint density at radius 1 is 1.62 bits per heavy atom. The normalized spacial score (nSPS) is 20.4. The molecule has 1 saturated heterocycles. The highest BCUT2D eigenvalue weighted by atomic mass is 32.2. The number of carbonyl (C=O) groups excluding carboxylic acids is 1. The molecule has 1 aromatic heterocycles. The first kappa shape index (κ1) is 15.9. The SMILES string of the molecule is CCc1[nH]nc(C(=O)NC(C)C2CCOC2)c1S(N)(=O)=O. The molecule has 1 aliphatic heterocycles. The van der Waals surface area contributed by atoms with Crippen LogP contribution in [-0.4, -0.2) is 43.8 Å². The number of amides is 1. The summed E-state index contributed by atoms with van der Waals surface area (Å²) in [4.78, 5) is 12.0. The van der Waals surface area contributed by atoms with Crippen LogP contribution >= 0.6 is 0 Å². The predicted molar refractivity (Wildman–Crippen MR) is 75.2 cm³/mol. The molecule has 2 unspecified atom stereocenters. The number of aromatic amines is 1. The van der Waals surface area contributed by atoms with Crippen molar-refractivity contribution >= 4 is 15.9 Å². The van der Waals surface area contributed by atoms with Gasteiger partial charge in [0.25, 0.3) is 5.91 Å². The van der Waals surface area contributed by atoms with Crippen molar-refractivity contribution in [1.29, 1.82) is 0 Å². The van der Waals surface area contributed by atoms with Crippen molar-refractivity contribution in [3.63, 3.8) is 0 Å². The van der Waals surface area contributed by atoms with Crippen molar-refractivity contribution in [2.75, 3.05) is 13.2 Å². The first-order chi connectivity index (χ1) is 9.84. The van der Waals surface area contributed by atoms with Crippen LogP contribution in [0.25, 0.3) is 0 Å². The molecule has 2 rings (SSSR count). The van der Waals surface area contributed by atoms with E-state index < -0.39 is 15.9 Å². The lowest BCUT2D eigenvalue weighted by Crippen LogP contribution is -2.39. The van der Waals surface area contributed by atoms with Crippen LogP contribution < -0.4 is 10.5 Å². The summed E-state index contributed by atoms with van der Waals surface area (Å²) >= 11 is 0. The van der Waals surface area contributed by atoms with Gasteiger partial charge in [-0.1, -0.05) is 6.92 Å². The summed E-state index contributed by atoms with van der Waals surface area (Å²) in [6.07, 6.45) is 1.25. The Bertz CT molecular complexity index is 619. The fourth-order valence-corrected chi connectivity index (χ4v) is 3.35. The minimum atomic E-state index is -4.01. The number of aromatic nitrogens is 2. The van der Waals surface area contributed by atoms with E-state index in [-0.39, 0.29) is 22.5 Å². The minimum Gasteiger partial charge on any atom is -0.381 e. The lowest BCUT2D eigenvalue weighted by molar-refractivity contribution is 0.0913. The van der Waals surface area contributed by atoms with Crippen LogP contribution in [0.1, 0.15) is 36.5 Å². The van der Waals surface area contributed by atoms with Crippen LogP contribution in [0, 0.1) is 5.92 Å². The fraction of sp³-hybridized carbons (Fsp3) is 0.667. The van der Waals surface area contributed by atoms with Gasteiger partial charge < -0.3 is 10.1 Å². The molecule has 0 radical (unpaired) electrons. The van der Waals surface area contributed by atoms with E-state index >= 15 is 0 Å². The molecule has 2 heterocycles. The first-order valence-electron chi connectivity index (χ1n) is 6.83. The van der Waals surface area contributed by atoms with Gasteiger partial charge in [-0.15, -0.1) is 0 Å². The summed E-state index contributed by atoms with van der Waals surface area (Å²) in [6, 6.07) is -0.130. The first-order valence-corrected chi connectivity index (χ1v) is 8.37. The van der Waals surface area contributed by atoms with Crippen LogP contribution in [0.2, 0.25) is 0 Å². The molecule has 9 heteroatoms. The van der Waals surface area contributed by atoms with E-state index in [2.05, 4.69) is 15.5 Å². The molecule has 0 spiro atoms. The second-order valence-corrected chi connectivity index (χ2v) is 6.66. The molecule has 8 nitrogen and oxygen atoms in total. The standard InChI is InChI=1S/C12H20N4O4S/c1-3-9-11(21(13,18)19)10(16-15-9)12(17)14-7(2)8-4-5-20-6-8/h7-8H,3-6H2,1-2H3,(H,14,17)(H,15,16)(H2,13,18,19). The van der Waals surface area contributed by atoms with Crippen molar-refractivity contribution < 1.29 is 17.9 Å². The molecule has 1 aromatic rings. The average Bonchev–Trinajstić information content (AvgIpc) is 3.06. The minimum absolute atomic E-state index is 0.130. The van der Waals surface area contributed by atoms with Crippen LogP contribution in [0.15, 0.2) is 4.90 Å². The molecule has 21 heavy (non-hydrogen) atoms. The number of ether oxygens (including phenoxy) is 1. The monoisotopic (exact) mass is 316 g/mol. The van der Waals surface area contributed by atoms with Gasteiger partial charge in [0.2, 0.25) is 10.0 Å². The summed E-state index contributed by atoms with van der Waals surface area (Å²) in [6.45, 7) is 4.88. The number of hydrogen-bond acceptors (Lipinski definition) is 5. The van der Waals surface area contributed by atoms with E-state index in [1.54, 1.807) is 6.92 Å². The molecular weight excluding hydrogens is 296 g/mol. The maximum atomic E-state index is 12.3. The molecular formula is C12H20N4O4S. The maximum absolute atomic E-state index is 12.3. The Morgan fingerprint density at radius 2 is 2.33 bits per heavy atom. The van der Waals surface area contributed by atoms with Gasteiger partial charge in [-0.2, -0.15) is 5.10 Å². The summed E-state index contributed by atoms with van der Waals surface area (Å²) < 4.78 is 28.6. The highest BCUT2D eigenvalue weighted by Crippen LogP contribution is 2.19. The number of sulfonamides is 1. The van der Waals surface area contributed by atoms with Gasteiger partial charge in [0, 0.05) is 18.6 Å². The molecule has 1 fully saturated rings. The van der Waals surface area contributed by atoms with Gasteiger partial charge in [-0.3, -0.25) is 9.89 Å². The van der Waals surface area contributed by atoms with E-state index in [1.165, 1.54) is 0 Å². The summed E-state index contributed by atoms with van der Waals surface area (Å²) in [5, 5.41) is 14.3. The summed E-state index contributed by atoms with van der Waals surface area (Å²) in [5.74, 6) is -0.328. The average molecular weight is 316 g/mol. The lowest BCUT2D eigenvalue weighted by Gasteiger charge is -2.18. The molecule has 0 aliphatic carbocycles. The summed E-state index contributed by atoms with van der Waals surface area (Å²) in [5.41, 5.74) is 0.152. The fourth-order valence-electron chi connectivity index (χ4n) is 2.41. The van der Waals surface area contributed by atoms with Crippen molar-refractivity contribution in [2.45, 2.75) is 37.6 Å². The molecule has 4 N–H and O–H groups in total. The molecule has 0 saturated carbocycles. The van der Waals surface area contributed by atoms with Crippen molar-refractivity contribution in [2.24, 2.45) is 11.1 Å². The molecule has 1 amide bonds. The van der Waals surface area contributed by atoms with Crippen LogP contribution in [0.3, 0.4) is 0 Å². The number of aryl methyl sites for hydroxylation is 1. The van der Waals surface area contributed by atoms with E-state index in [4.69, 9.17) is 9.88 Å². The van der Waals surface area contributed by atoms with Gasteiger partial charge in [0.15, 0.2) is 5.69 Å². The highest BCUT2D eigenvalue weighted by Gasteiger charge is 2.29. The summed E-state index contributed by atoms with van der Waals surface area (Å²) in [7, 11) is -4.01. The van der Waals surface area contributed by atoms with E-state index in [9.17, 15) is 13.2 Å². The van der Waals surface area contributed by atoms with Gasteiger partial charge >= 0.3 is 0 Å².